The Morgan fingerprint density at radius 2 is 2.19 bits per heavy atom. The second kappa shape index (κ2) is 6.92. The predicted octanol–water partition coefficient (Wildman–Crippen LogP) is 3.52. The highest BCUT2D eigenvalue weighted by Crippen LogP contribution is 2.30. The van der Waals surface area contributed by atoms with E-state index in [0.717, 1.165) is 30.7 Å². The molecule has 1 aromatic carbocycles. The number of fused-ring (bicyclic) bond motifs is 1. The molecule has 0 saturated carbocycles. The fourth-order valence-electron chi connectivity index (χ4n) is 3.20. The van der Waals surface area contributed by atoms with Gasteiger partial charge in [-0.15, -0.1) is 0 Å². The minimum absolute atomic E-state index is 0.169. The average Bonchev–Trinajstić information content (AvgIpc) is 3.10. The fraction of sp³-hybridized carbons (Fsp3) is 0.278. The summed E-state index contributed by atoms with van der Waals surface area (Å²) in [5, 5.41) is 4.79. The molecule has 3 aromatic rings. The quantitative estimate of drug-likeness (QED) is 0.755. The van der Waals surface area contributed by atoms with Crippen LogP contribution in [0.5, 0.6) is 5.75 Å². The number of aromatic nitrogens is 3. The van der Waals surface area contributed by atoms with Crippen molar-refractivity contribution in [2.45, 2.75) is 12.5 Å². The highest BCUT2D eigenvalue weighted by molar-refractivity contribution is 6.32. The lowest BCUT2D eigenvalue weighted by Crippen LogP contribution is -2.27. The molecule has 0 amide bonds. The zero-order valence-corrected chi connectivity index (χ0v) is 14.9. The zero-order chi connectivity index (χ0) is 18.1. The SMILES string of the molecule is COc1cc2c(NC3CCN(c4ncccc4Cl)C3)ncnc2cc1F. The van der Waals surface area contributed by atoms with Gasteiger partial charge in [-0.3, -0.25) is 0 Å². The number of pyridine rings is 1. The van der Waals surface area contributed by atoms with Crippen LogP contribution < -0.4 is 15.0 Å². The third-order valence-electron chi connectivity index (χ3n) is 4.48. The van der Waals surface area contributed by atoms with E-state index >= 15 is 0 Å². The van der Waals surface area contributed by atoms with Crippen LogP contribution >= 0.6 is 11.6 Å². The molecule has 1 saturated heterocycles. The molecule has 4 rings (SSSR count). The Bertz CT molecular complexity index is 954. The van der Waals surface area contributed by atoms with Crippen LogP contribution in [0, 0.1) is 5.82 Å². The summed E-state index contributed by atoms with van der Waals surface area (Å²) in [6.07, 6.45) is 4.08. The number of nitrogens with one attached hydrogen (secondary N) is 1. The number of hydrogen-bond donors (Lipinski definition) is 1. The lowest BCUT2D eigenvalue weighted by molar-refractivity contribution is 0.387. The van der Waals surface area contributed by atoms with Gasteiger partial charge in [-0.2, -0.15) is 0 Å². The third kappa shape index (κ3) is 3.10. The first-order chi connectivity index (χ1) is 12.7. The monoisotopic (exact) mass is 373 g/mol. The van der Waals surface area contributed by atoms with Crippen molar-refractivity contribution in [3.63, 3.8) is 0 Å². The highest BCUT2D eigenvalue weighted by atomic mass is 35.5. The van der Waals surface area contributed by atoms with Gasteiger partial charge < -0.3 is 15.0 Å². The smallest absolute Gasteiger partial charge is 0.167 e. The molecular formula is C18H17ClFN5O. The van der Waals surface area contributed by atoms with E-state index in [9.17, 15) is 4.39 Å². The molecule has 1 unspecified atom stereocenters. The Morgan fingerprint density at radius 3 is 3.00 bits per heavy atom. The summed E-state index contributed by atoms with van der Waals surface area (Å²) in [5.74, 6) is 1.17. The third-order valence-corrected chi connectivity index (χ3v) is 4.77. The number of ether oxygens (including phenoxy) is 1. The standard InChI is InChI=1S/C18H17ClFN5O/c1-26-16-7-12-15(8-14(16)20)22-10-23-17(12)24-11-4-6-25(9-11)18-13(19)3-2-5-21-18/h2-3,5,7-8,10-11H,4,6,9H2,1H3,(H,22,23,24). The summed E-state index contributed by atoms with van der Waals surface area (Å²) in [6.45, 7) is 1.59. The Kier molecular flexibility index (Phi) is 4.46. The first kappa shape index (κ1) is 16.8. The van der Waals surface area contributed by atoms with Crippen molar-refractivity contribution in [1.29, 1.82) is 0 Å². The molecule has 0 radical (unpaired) electrons. The second-order valence-corrected chi connectivity index (χ2v) is 6.52. The number of halogens is 2. The van der Waals surface area contributed by atoms with Gasteiger partial charge in [-0.05, 0) is 24.6 Å². The number of methoxy groups -OCH3 is 1. The number of rotatable bonds is 4. The van der Waals surface area contributed by atoms with E-state index < -0.39 is 5.82 Å². The predicted molar refractivity (Wildman–Crippen MR) is 99.5 cm³/mol. The van der Waals surface area contributed by atoms with Gasteiger partial charge >= 0.3 is 0 Å². The topological polar surface area (TPSA) is 63.2 Å². The van der Waals surface area contributed by atoms with Crippen LogP contribution in [0.2, 0.25) is 5.02 Å². The van der Waals surface area contributed by atoms with E-state index in [1.807, 2.05) is 12.1 Å². The average molecular weight is 374 g/mol. The molecule has 2 aromatic heterocycles. The Hall–Kier alpha value is -2.67. The first-order valence-electron chi connectivity index (χ1n) is 8.26. The van der Waals surface area contributed by atoms with Crippen molar-refractivity contribution in [3.8, 4) is 5.75 Å². The molecule has 1 aliphatic heterocycles. The minimum atomic E-state index is -0.443. The maximum atomic E-state index is 13.9. The molecule has 1 aliphatic rings. The zero-order valence-electron chi connectivity index (χ0n) is 14.1. The van der Waals surface area contributed by atoms with E-state index in [1.165, 1.54) is 19.5 Å². The number of anilines is 2. The molecule has 1 atom stereocenters. The van der Waals surface area contributed by atoms with E-state index in [0.29, 0.717) is 16.4 Å². The lowest BCUT2D eigenvalue weighted by Gasteiger charge is -2.19. The maximum Gasteiger partial charge on any atom is 0.167 e. The Labute approximate surface area is 155 Å². The number of hydrogen-bond acceptors (Lipinski definition) is 6. The van der Waals surface area contributed by atoms with Crippen LogP contribution in [-0.4, -0.2) is 41.2 Å². The summed E-state index contributed by atoms with van der Waals surface area (Å²) < 4.78 is 19.0. The molecule has 3 heterocycles. The maximum absolute atomic E-state index is 13.9. The first-order valence-corrected chi connectivity index (χ1v) is 8.63. The molecule has 26 heavy (non-hydrogen) atoms. The number of nitrogens with zero attached hydrogens (tertiary/aromatic N) is 4. The summed E-state index contributed by atoms with van der Waals surface area (Å²) in [5.41, 5.74) is 0.531. The molecule has 0 spiro atoms. The van der Waals surface area contributed by atoms with Gasteiger partial charge in [0.15, 0.2) is 11.6 Å². The normalized spacial score (nSPS) is 16.9. The van der Waals surface area contributed by atoms with Crippen LogP contribution in [0.15, 0.2) is 36.8 Å². The van der Waals surface area contributed by atoms with Crippen molar-refractivity contribution < 1.29 is 9.13 Å². The van der Waals surface area contributed by atoms with Crippen LogP contribution in [-0.2, 0) is 0 Å². The molecular weight excluding hydrogens is 357 g/mol. The van der Waals surface area contributed by atoms with Gasteiger partial charge in [0, 0.05) is 36.8 Å². The van der Waals surface area contributed by atoms with Crippen molar-refractivity contribution in [2.24, 2.45) is 0 Å². The minimum Gasteiger partial charge on any atom is -0.494 e. The van der Waals surface area contributed by atoms with Crippen molar-refractivity contribution in [3.05, 3.63) is 47.6 Å². The van der Waals surface area contributed by atoms with Crippen LogP contribution in [0.25, 0.3) is 10.9 Å². The number of benzene rings is 1. The molecule has 1 fully saturated rings. The van der Waals surface area contributed by atoms with Crippen LogP contribution in [0.1, 0.15) is 6.42 Å². The van der Waals surface area contributed by atoms with Gasteiger partial charge in [0.1, 0.15) is 18.0 Å². The summed E-state index contributed by atoms with van der Waals surface area (Å²) in [7, 11) is 1.44. The van der Waals surface area contributed by atoms with Crippen molar-refractivity contribution >= 4 is 34.1 Å². The molecule has 134 valence electrons. The van der Waals surface area contributed by atoms with Gasteiger partial charge in [-0.1, -0.05) is 11.6 Å². The van der Waals surface area contributed by atoms with Crippen molar-refractivity contribution in [1.82, 2.24) is 15.0 Å². The Morgan fingerprint density at radius 1 is 1.31 bits per heavy atom. The molecule has 6 nitrogen and oxygen atoms in total. The Balaban J connectivity index is 1.57. The molecule has 0 bridgehead atoms. The van der Waals surface area contributed by atoms with E-state index in [2.05, 4.69) is 25.2 Å². The second-order valence-electron chi connectivity index (χ2n) is 6.11. The molecule has 8 heteroatoms. The van der Waals surface area contributed by atoms with Gasteiger partial charge in [0.2, 0.25) is 0 Å². The van der Waals surface area contributed by atoms with Gasteiger partial charge in [0.25, 0.3) is 0 Å². The summed E-state index contributed by atoms with van der Waals surface area (Å²) in [4.78, 5) is 15.0. The van der Waals surface area contributed by atoms with Crippen LogP contribution in [0.3, 0.4) is 0 Å². The van der Waals surface area contributed by atoms with Gasteiger partial charge in [-0.25, -0.2) is 19.3 Å². The highest BCUT2D eigenvalue weighted by Gasteiger charge is 2.25. The van der Waals surface area contributed by atoms with Crippen molar-refractivity contribution in [2.75, 3.05) is 30.4 Å². The largest absolute Gasteiger partial charge is 0.494 e. The van der Waals surface area contributed by atoms with E-state index in [-0.39, 0.29) is 11.8 Å². The molecule has 0 aliphatic carbocycles. The summed E-state index contributed by atoms with van der Waals surface area (Å²) in [6, 6.07) is 6.80. The van der Waals surface area contributed by atoms with Gasteiger partial charge in [0.05, 0.1) is 17.6 Å². The lowest BCUT2D eigenvalue weighted by atomic mass is 10.2. The van der Waals surface area contributed by atoms with E-state index in [1.54, 1.807) is 12.3 Å². The van der Waals surface area contributed by atoms with Crippen LogP contribution in [0.4, 0.5) is 16.0 Å². The van der Waals surface area contributed by atoms with E-state index in [4.69, 9.17) is 16.3 Å². The molecule has 1 N–H and O–H groups in total. The summed E-state index contributed by atoms with van der Waals surface area (Å²) >= 11 is 6.24. The fourth-order valence-corrected chi connectivity index (χ4v) is 3.44.